The number of carbonyl (C=O) groups excluding carboxylic acids is 1. The van der Waals surface area contributed by atoms with Crippen molar-refractivity contribution in [3.05, 3.63) is 0 Å². The van der Waals surface area contributed by atoms with Crippen LogP contribution in [0, 0.1) is 5.92 Å². The summed E-state index contributed by atoms with van der Waals surface area (Å²) in [5, 5.41) is 9.27. The quantitative estimate of drug-likeness (QED) is 0.304. The fourth-order valence-electron chi connectivity index (χ4n) is 1.56. The fourth-order valence-corrected chi connectivity index (χ4v) is 1.56. The second kappa shape index (κ2) is 13.7. The lowest BCUT2D eigenvalue weighted by Crippen LogP contribution is -2.42. The van der Waals surface area contributed by atoms with E-state index in [1.165, 1.54) is 0 Å². The van der Waals surface area contributed by atoms with Crippen molar-refractivity contribution in [1.29, 1.82) is 0 Å². The van der Waals surface area contributed by atoms with E-state index >= 15 is 0 Å². The van der Waals surface area contributed by atoms with E-state index in [4.69, 9.17) is 4.74 Å². The highest BCUT2D eigenvalue weighted by Gasteiger charge is 2.05. The van der Waals surface area contributed by atoms with Crippen molar-refractivity contribution in [2.24, 2.45) is 10.9 Å². The number of hydrogen-bond acceptors (Lipinski definition) is 3. The maximum Gasteiger partial charge on any atom is 0.222 e. The molecule has 0 aliphatic rings. The van der Waals surface area contributed by atoms with E-state index in [0.29, 0.717) is 13.1 Å². The molecule has 0 aromatic rings. The zero-order valence-electron chi connectivity index (χ0n) is 14.0. The molecule has 0 atom stereocenters. The number of unbranched alkanes of at least 4 members (excludes halogenated alkanes) is 1. The lowest BCUT2D eigenvalue weighted by molar-refractivity contribution is -0.123. The number of nitrogens with zero attached hydrogens (tertiary/aromatic N) is 1. The van der Waals surface area contributed by atoms with E-state index in [0.717, 1.165) is 45.1 Å². The van der Waals surface area contributed by atoms with Gasteiger partial charge in [0, 0.05) is 45.3 Å². The summed E-state index contributed by atoms with van der Waals surface area (Å²) < 4.78 is 5.29. The summed E-state index contributed by atoms with van der Waals surface area (Å²) in [4.78, 5) is 15.9. The van der Waals surface area contributed by atoms with Crippen LogP contribution in [-0.4, -0.2) is 51.3 Å². The average molecular weight is 300 g/mol. The molecule has 0 fully saturated rings. The normalized spacial score (nSPS) is 11.6. The maximum absolute atomic E-state index is 11.4. The van der Waals surface area contributed by atoms with E-state index < -0.39 is 0 Å². The van der Waals surface area contributed by atoms with Crippen LogP contribution in [0.15, 0.2) is 4.99 Å². The van der Waals surface area contributed by atoms with E-state index in [1.807, 2.05) is 27.7 Å². The predicted molar refractivity (Wildman–Crippen MR) is 87.6 cm³/mol. The first-order valence-corrected chi connectivity index (χ1v) is 7.99. The summed E-state index contributed by atoms with van der Waals surface area (Å²) in [5.41, 5.74) is 0. The van der Waals surface area contributed by atoms with Crippen molar-refractivity contribution in [3.8, 4) is 0 Å². The average Bonchev–Trinajstić information content (AvgIpc) is 2.46. The topological polar surface area (TPSA) is 74.8 Å². The van der Waals surface area contributed by atoms with Crippen molar-refractivity contribution in [2.45, 2.75) is 40.5 Å². The summed E-state index contributed by atoms with van der Waals surface area (Å²) in [7, 11) is 0. The lowest BCUT2D eigenvalue weighted by atomic mass is 10.2. The Labute approximate surface area is 129 Å². The van der Waals surface area contributed by atoms with Crippen LogP contribution in [0.2, 0.25) is 0 Å². The molecule has 0 aromatic carbocycles. The van der Waals surface area contributed by atoms with Gasteiger partial charge < -0.3 is 20.7 Å². The smallest absolute Gasteiger partial charge is 0.222 e. The van der Waals surface area contributed by atoms with Gasteiger partial charge in [0.05, 0.1) is 0 Å². The van der Waals surface area contributed by atoms with Crippen LogP contribution in [0.25, 0.3) is 0 Å². The first-order chi connectivity index (χ1) is 10.1. The molecule has 6 nitrogen and oxygen atoms in total. The van der Waals surface area contributed by atoms with Crippen molar-refractivity contribution >= 4 is 11.9 Å². The Morgan fingerprint density at radius 3 is 2.43 bits per heavy atom. The molecular formula is C15H32N4O2. The first-order valence-electron chi connectivity index (χ1n) is 7.99. The van der Waals surface area contributed by atoms with Gasteiger partial charge in [-0.3, -0.25) is 9.79 Å². The minimum atomic E-state index is 0.0252. The lowest BCUT2D eigenvalue weighted by Gasteiger charge is -2.12. The Morgan fingerprint density at radius 2 is 1.81 bits per heavy atom. The number of ether oxygens (including phenoxy) is 1. The third-order valence-electron chi connectivity index (χ3n) is 2.76. The SMILES string of the molecule is CCNC(=NCCCCOCC)NCCNC(=O)C(C)C. The molecule has 0 aliphatic carbocycles. The standard InChI is InChI=1S/C15H32N4O2/c1-5-16-15(18-9-7-8-12-21-6-2)19-11-10-17-14(20)13(3)4/h13H,5-12H2,1-4H3,(H,17,20)(H2,16,18,19). The van der Waals surface area contributed by atoms with E-state index in [2.05, 4.69) is 20.9 Å². The molecule has 1 amide bonds. The molecule has 0 bridgehead atoms. The second-order valence-electron chi connectivity index (χ2n) is 5.04. The Morgan fingerprint density at radius 1 is 1.10 bits per heavy atom. The van der Waals surface area contributed by atoms with Gasteiger partial charge in [0.25, 0.3) is 0 Å². The van der Waals surface area contributed by atoms with Crippen LogP contribution in [0.1, 0.15) is 40.5 Å². The zero-order chi connectivity index (χ0) is 15.9. The molecule has 0 rings (SSSR count). The molecule has 0 radical (unpaired) electrons. The Balaban J connectivity index is 3.82. The van der Waals surface area contributed by atoms with Crippen LogP contribution in [-0.2, 0) is 9.53 Å². The highest BCUT2D eigenvalue weighted by atomic mass is 16.5. The summed E-state index contributed by atoms with van der Waals surface area (Å²) in [6, 6.07) is 0. The molecule has 21 heavy (non-hydrogen) atoms. The highest BCUT2D eigenvalue weighted by molar-refractivity contribution is 5.80. The van der Waals surface area contributed by atoms with Gasteiger partial charge in [0.1, 0.15) is 0 Å². The van der Waals surface area contributed by atoms with Crippen molar-refractivity contribution in [3.63, 3.8) is 0 Å². The minimum Gasteiger partial charge on any atom is -0.382 e. The van der Waals surface area contributed by atoms with E-state index in [9.17, 15) is 4.79 Å². The van der Waals surface area contributed by atoms with Crippen LogP contribution in [0.5, 0.6) is 0 Å². The van der Waals surface area contributed by atoms with Crippen LogP contribution >= 0.6 is 0 Å². The number of guanidine groups is 1. The third-order valence-corrected chi connectivity index (χ3v) is 2.76. The monoisotopic (exact) mass is 300 g/mol. The number of carbonyl (C=O) groups is 1. The van der Waals surface area contributed by atoms with Gasteiger partial charge in [-0.25, -0.2) is 0 Å². The number of hydrogen-bond donors (Lipinski definition) is 3. The van der Waals surface area contributed by atoms with Gasteiger partial charge >= 0.3 is 0 Å². The molecule has 0 unspecified atom stereocenters. The summed E-state index contributed by atoms with van der Waals surface area (Å²) in [6.07, 6.45) is 2.04. The van der Waals surface area contributed by atoms with Gasteiger partial charge in [0.2, 0.25) is 5.91 Å². The third kappa shape index (κ3) is 12.2. The molecule has 124 valence electrons. The minimum absolute atomic E-state index is 0.0252. The number of amides is 1. The zero-order valence-corrected chi connectivity index (χ0v) is 14.0. The molecule has 0 spiro atoms. The van der Waals surface area contributed by atoms with Crippen molar-refractivity contribution < 1.29 is 9.53 Å². The fraction of sp³-hybridized carbons (Fsp3) is 0.867. The first kappa shape index (κ1) is 19.7. The highest BCUT2D eigenvalue weighted by Crippen LogP contribution is 1.91. The van der Waals surface area contributed by atoms with Gasteiger partial charge in [-0.2, -0.15) is 0 Å². The second-order valence-corrected chi connectivity index (χ2v) is 5.04. The largest absolute Gasteiger partial charge is 0.382 e. The predicted octanol–water partition coefficient (Wildman–Crippen LogP) is 1.13. The van der Waals surface area contributed by atoms with Crippen molar-refractivity contribution in [1.82, 2.24) is 16.0 Å². The number of rotatable bonds is 11. The van der Waals surface area contributed by atoms with Crippen LogP contribution in [0.4, 0.5) is 0 Å². The van der Waals surface area contributed by atoms with Crippen molar-refractivity contribution in [2.75, 3.05) is 39.4 Å². The Bertz CT molecular complexity index is 293. The maximum atomic E-state index is 11.4. The molecule has 0 aliphatic heterocycles. The number of nitrogens with one attached hydrogen (secondary N) is 3. The van der Waals surface area contributed by atoms with E-state index in [-0.39, 0.29) is 11.8 Å². The van der Waals surface area contributed by atoms with Gasteiger partial charge in [-0.15, -0.1) is 0 Å². The Kier molecular flexibility index (Phi) is 12.8. The molecule has 0 heterocycles. The van der Waals surface area contributed by atoms with E-state index in [1.54, 1.807) is 0 Å². The molecular weight excluding hydrogens is 268 g/mol. The summed E-state index contributed by atoms with van der Waals surface area (Å²) in [6.45, 7) is 12.3. The number of aliphatic imine (C=N–C) groups is 1. The molecule has 0 saturated heterocycles. The molecule has 0 saturated carbocycles. The van der Waals surface area contributed by atoms with Gasteiger partial charge in [-0.05, 0) is 26.7 Å². The van der Waals surface area contributed by atoms with Crippen LogP contribution in [0.3, 0.4) is 0 Å². The van der Waals surface area contributed by atoms with Gasteiger partial charge in [-0.1, -0.05) is 13.8 Å². The Hall–Kier alpha value is -1.30. The van der Waals surface area contributed by atoms with Crippen LogP contribution < -0.4 is 16.0 Å². The summed E-state index contributed by atoms with van der Waals surface area (Å²) in [5.74, 6) is 0.902. The molecule has 6 heteroatoms. The van der Waals surface area contributed by atoms with Gasteiger partial charge in [0.15, 0.2) is 5.96 Å². The molecule has 3 N–H and O–H groups in total. The molecule has 0 aromatic heterocycles. The summed E-state index contributed by atoms with van der Waals surface area (Å²) >= 11 is 0.